The lowest BCUT2D eigenvalue weighted by molar-refractivity contribution is 0.271. The van der Waals surface area contributed by atoms with E-state index in [1.165, 1.54) is 10.4 Å². The van der Waals surface area contributed by atoms with E-state index in [0.29, 0.717) is 6.54 Å². The zero-order chi connectivity index (χ0) is 14.9. The average Bonchev–Trinajstić information content (AvgIpc) is 2.74. The van der Waals surface area contributed by atoms with Crippen LogP contribution in [0, 0.1) is 0 Å². The Bertz CT molecular complexity index is 594. The number of halogens is 2. The molecule has 2 rings (SSSR count). The highest BCUT2D eigenvalue weighted by molar-refractivity contribution is 9.10. The second-order valence-electron chi connectivity index (χ2n) is 5.14. The Labute approximate surface area is 133 Å². The Kier molecular flexibility index (Phi) is 5.13. The maximum atomic E-state index is 12.6. The third-order valence-electron chi connectivity index (χ3n) is 3.72. The van der Waals surface area contributed by atoms with Gasteiger partial charge in [0.1, 0.15) is 4.90 Å². The molecule has 1 aliphatic heterocycles. The van der Waals surface area contributed by atoms with Crippen LogP contribution in [0.1, 0.15) is 12.8 Å². The van der Waals surface area contributed by atoms with Crippen LogP contribution in [0.15, 0.2) is 27.6 Å². The molecule has 7 heteroatoms. The molecule has 0 amide bonds. The molecule has 1 heterocycles. The van der Waals surface area contributed by atoms with Gasteiger partial charge < -0.3 is 4.90 Å². The number of rotatable bonds is 4. The van der Waals surface area contributed by atoms with Gasteiger partial charge in [0.25, 0.3) is 0 Å². The maximum Gasteiger partial charge on any atom is 0.244 e. The lowest BCUT2D eigenvalue weighted by Crippen LogP contribution is -2.39. The van der Waals surface area contributed by atoms with Crippen molar-refractivity contribution in [1.29, 1.82) is 0 Å². The van der Waals surface area contributed by atoms with E-state index < -0.39 is 10.0 Å². The zero-order valence-corrected chi connectivity index (χ0v) is 14.7. The topological polar surface area (TPSA) is 40.6 Å². The Hall–Kier alpha value is -0.140. The third kappa shape index (κ3) is 3.36. The normalized spacial score (nSPS) is 20.8. The van der Waals surface area contributed by atoms with Crippen LogP contribution in [0.4, 0.5) is 0 Å². The SMILES string of the molecule is CN1CCCC1CN(C)S(=O)(=O)c1ccc(Br)cc1Cl. The number of likely N-dealkylation sites (tertiary alicyclic amines) is 1. The van der Waals surface area contributed by atoms with E-state index in [-0.39, 0.29) is 16.0 Å². The summed E-state index contributed by atoms with van der Waals surface area (Å²) in [4.78, 5) is 2.36. The molecule has 1 unspecified atom stereocenters. The minimum Gasteiger partial charge on any atom is -0.302 e. The highest BCUT2D eigenvalue weighted by atomic mass is 79.9. The summed E-state index contributed by atoms with van der Waals surface area (Å²) in [5, 5.41) is 0.242. The van der Waals surface area contributed by atoms with Crippen molar-refractivity contribution < 1.29 is 8.42 Å². The van der Waals surface area contributed by atoms with E-state index in [9.17, 15) is 8.42 Å². The molecule has 0 saturated carbocycles. The Balaban J connectivity index is 2.20. The summed E-state index contributed by atoms with van der Waals surface area (Å²) in [6.45, 7) is 1.52. The molecule has 1 fully saturated rings. The molecule has 0 bridgehead atoms. The molecule has 1 aliphatic rings. The minimum atomic E-state index is -3.54. The van der Waals surface area contributed by atoms with Gasteiger partial charge in [0.15, 0.2) is 0 Å². The van der Waals surface area contributed by atoms with Gasteiger partial charge in [-0.1, -0.05) is 27.5 Å². The van der Waals surface area contributed by atoms with Gasteiger partial charge in [0.2, 0.25) is 10.0 Å². The van der Waals surface area contributed by atoms with Crippen molar-refractivity contribution in [1.82, 2.24) is 9.21 Å². The molecule has 112 valence electrons. The first-order chi connectivity index (χ1) is 9.32. The van der Waals surface area contributed by atoms with Crippen LogP contribution in [0.25, 0.3) is 0 Å². The third-order valence-corrected chi connectivity index (χ3v) is 6.52. The molecule has 0 radical (unpaired) electrons. The highest BCUT2D eigenvalue weighted by Gasteiger charge is 2.29. The number of hydrogen-bond acceptors (Lipinski definition) is 3. The molecular weight excluding hydrogens is 364 g/mol. The van der Waals surface area contributed by atoms with Crippen LogP contribution in [0.5, 0.6) is 0 Å². The lowest BCUT2D eigenvalue weighted by Gasteiger charge is -2.25. The molecular formula is C13H18BrClN2O2S. The fourth-order valence-electron chi connectivity index (χ4n) is 2.46. The molecule has 20 heavy (non-hydrogen) atoms. The van der Waals surface area contributed by atoms with Crippen molar-refractivity contribution in [3.63, 3.8) is 0 Å². The summed E-state index contributed by atoms with van der Waals surface area (Å²) in [6.07, 6.45) is 2.15. The monoisotopic (exact) mass is 380 g/mol. The van der Waals surface area contributed by atoms with E-state index in [1.807, 2.05) is 7.05 Å². The predicted octanol–water partition coefficient (Wildman–Crippen LogP) is 2.82. The summed E-state index contributed by atoms with van der Waals surface area (Å²) in [5.74, 6) is 0. The van der Waals surface area contributed by atoms with Crippen LogP contribution in [0.3, 0.4) is 0 Å². The fourth-order valence-corrected chi connectivity index (χ4v) is 4.67. The molecule has 1 aromatic rings. The van der Waals surface area contributed by atoms with Gasteiger partial charge in [-0.05, 0) is 44.6 Å². The predicted molar refractivity (Wildman–Crippen MR) is 84.6 cm³/mol. The van der Waals surface area contributed by atoms with E-state index in [4.69, 9.17) is 11.6 Å². The van der Waals surface area contributed by atoms with Crippen LogP contribution >= 0.6 is 27.5 Å². The van der Waals surface area contributed by atoms with Gasteiger partial charge in [-0.3, -0.25) is 0 Å². The fraction of sp³-hybridized carbons (Fsp3) is 0.538. The number of likely N-dealkylation sites (N-methyl/N-ethyl adjacent to an activating group) is 2. The molecule has 0 aromatic heterocycles. The molecule has 0 spiro atoms. The van der Waals surface area contributed by atoms with Crippen molar-refractivity contribution >= 4 is 37.6 Å². The van der Waals surface area contributed by atoms with E-state index >= 15 is 0 Å². The smallest absolute Gasteiger partial charge is 0.244 e. The summed E-state index contributed by atoms with van der Waals surface area (Å²) < 4.78 is 27.3. The van der Waals surface area contributed by atoms with E-state index in [1.54, 1.807) is 19.2 Å². The quantitative estimate of drug-likeness (QED) is 0.805. The Morgan fingerprint density at radius 3 is 2.75 bits per heavy atom. The lowest BCUT2D eigenvalue weighted by atomic mass is 10.2. The number of hydrogen-bond donors (Lipinski definition) is 0. The molecule has 4 nitrogen and oxygen atoms in total. The number of benzene rings is 1. The molecule has 0 N–H and O–H groups in total. The maximum absolute atomic E-state index is 12.6. The van der Waals surface area contributed by atoms with Crippen molar-refractivity contribution in [2.45, 2.75) is 23.8 Å². The highest BCUT2D eigenvalue weighted by Crippen LogP contribution is 2.28. The van der Waals surface area contributed by atoms with Crippen molar-refractivity contribution in [3.05, 3.63) is 27.7 Å². The van der Waals surface area contributed by atoms with Gasteiger partial charge >= 0.3 is 0 Å². The Morgan fingerprint density at radius 2 is 2.20 bits per heavy atom. The van der Waals surface area contributed by atoms with Gasteiger partial charge in [-0.25, -0.2) is 8.42 Å². The summed E-state index contributed by atoms with van der Waals surface area (Å²) in [5.41, 5.74) is 0. The van der Waals surface area contributed by atoms with E-state index in [2.05, 4.69) is 20.8 Å². The van der Waals surface area contributed by atoms with Gasteiger partial charge in [-0.15, -0.1) is 0 Å². The van der Waals surface area contributed by atoms with Gasteiger partial charge in [0.05, 0.1) is 5.02 Å². The van der Waals surface area contributed by atoms with Crippen molar-refractivity contribution in [2.24, 2.45) is 0 Å². The first-order valence-corrected chi connectivity index (χ1v) is 9.05. The Morgan fingerprint density at radius 1 is 1.50 bits per heavy atom. The first kappa shape index (κ1) is 16.2. The zero-order valence-electron chi connectivity index (χ0n) is 11.5. The number of sulfonamides is 1. The summed E-state index contributed by atoms with van der Waals surface area (Å²) >= 11 is 9.34. The van der Waals surface area contributed by atoms with Crippen LogP contribution in [-0.4, -0.2) is 50.8 Å². The molecule has 1 aromatic carbocycles. The molecule has 1 atom stereocenters. The molecule has 0 aliphatic carbocycles. The van der Waals surface area contributed by atoms with Gasteiger partial charge in [0, 0.05) is 24.1 Å². The number of nitrogens with zero attached hydrogens (tertiary/aromatic N) is 2. The second kappa shape index (κ2) is 6.32. The van der Waals surface area contributed by atoms with Gasteiger partial charge in [-0.2, -0.15) is 4.31 Å². The van der Waals surface area contributed by atoms with Crippen LogP contribution < -0.4 is 0 Å². The largest absolute Gasteiger partial charge is 0.302 e. The average molecular weight is 382 g/mol. The molecule has 1 saturated heterocycles. The van der Waals surface area contributed by atoms with Crippen molar-refractivity contribution in [3.8, 4) is 0 Å². The second-order valence-corrected chi connectivity index (χ2v) is 8.47. The summed E-state index contributed by atoms with van der Waals surface area (Å²) in [7, 11) is 0.100. The standard InChI is InChI=1S/C13H18BrClN2O2S/c1-16-7-3-4-11(16)9-17(2)20(18,19)13-6-5-10(14)8-12(13)15/h5-6,8,11H,3-4,7,9H2,1-2H3. The minimum absolute atomic E-state index is 0.158. The van der Waals surface area contributed by atoms with Crippen LogP contribution in [0.2, 0.25) is 5.02 Å². The summed E-state index contributed by atoms with van der Waals surface area (Å²) in [6, 6.07) is 5.11. The van der Waals surface area contributed by atoms with E-state index in [0.717, 1.165) is 23.9 Å². The van der Waals surface area contributed by atoms with Crippen molar-refractivity contribution in [2.75, 3.05) is 27.2 Å². The first-order valence-electron chi connectivity index (χ1n) is 6.44. The van der Waals surface area contributed by atoms with Crippen LogP contribution in [-0.2, 0) is 10.0 Å².